The highest BCUT2D eigenvalue weighted by molar-refractivity contribution is 5.91. The predicted octanol–water partition coefficient (Wildman–Crippen LogP) is 4.84. The molecule has 3 heteroatoms. The second kappa shape index (κ2) is 6.23. The van der Waals surface area contributed by atoms with Crippen LogP contribution < -0.4 is 4.90 Å². The van der Waals surface area contributed by atoms with Crippen molar-refractivity contribution in [3.05, 3.63) is 54.1 Å². The van der Waals surface area contributed by atoms with Crippen LogP contribution in [0.5, 0.6) is 0 Å². The van der Waals surface area contributed by atoms with Gasteiger partial charge in [-0.15, -0.1) is 0 Å². The Morgan fingerprint density at radius 1 is 1.04 bits per heavy atom. The van der Waals surface area contributed by atoms with Gasteiger partial charge in [-0.25, -0.2) is 9.97 Å². The SMILES string of the molecule is Cc1cccc(-c2nc(N3CCCC(C)C3)c3ccccc3n2)c1. The van der Waals surface area contributed by atoms with Gasteiger partial charge in [-0.3, -0.25) is 0 Å². The lowest BCUT2D eigenvalue weighted by molar-refractivity contribution is 0.445. The van der Waals surface area contributed by atoms with Crippen molar-refractivity contribution in [3.8, 4) is 11.4 Å². The summed E-state index contributed by atoms with van der Waals surface area (Å²) in [5, 5.41) is 1.16. The first-order valence-corrected chi connectivity index (χ1v) is 8.79. The highest BCUT2D eigenvalue weighted by atomic mass is 15.2. The van der Waals surface area contributed by atoms with Crippen LogP contribution in [0.4, 0.5) is 5.82 Å². The molecule has 2 aromatic carbocycles. The average Bonchev–Trinajstić information content (AvgIpc) is 2.61. The molecule has 0 spiro atoms. The number of hydrogen-bond donors (Lipinski definition) is 0. The van der Waals surface area contributed by atoms with Gasteiger partial charge in [0.25, 0.3) is 0 Å². The topological polar surface area (TPSA) is 29.0 Å². The van der Waals surface area contributed by atoms with Crippen LogP contribution in [-0.2, 0) is 0 Å². The lowest BCUT2D eigenvalue weighted by Gasteiger charge is -2.32. The molecule has 0 radical (unpaired) electrons. The predicted molar refractivity (Wildman–Crippen MR) is 100 cm³/mol. The van der Waals surface area contributed by atoms with Crippen LogP contribution in [0, 0.1) is 12.8 Å². The Labute approximate surface area is 143 Å². The van der Waals surface area contributed by atoms with Crippen molar-refractivity contribution in [1.82, 2.24) is 9.97 Å². The summed E-state index contributed by atoms with van der Waals surface area (Å²) >= 11 is 0. The fourth-order valence-corrected chi connectivity index (χ4v) is 3.60. The molecule has 0 N–H and O–H groups in total. The van der Waals surface area contributed by atoms with Gasteiger partial charge in [0.1, 0.15) is 5.82 Å². The largest absolute Gasteiger partial charge is 0.356 e. The van der Waals surface area contributed by atoms with Gasteiger partial charge < -0.3 is 4.90 Å². The summed E-state index contributed by atoms with van der Waals surface area (Å²) in [5.74, 6) is 2.63. The fourth-order valence-electron chi connectivity index (χ4n) is 3.60. The van der Waals surface area contributed by atoms with Crippen molar-refractivity contribution in [3.63, 3.8) is 0 Å². The van der Waals surface area contributed by atoms with Crippen molar-refractivity contribution < 1.29 is 0 Å². The standard InChI is InChI=1S/C21H23N3/c1-15-7-5-9-17(13-15)20-22-19-11-4-3-10-18(19)21(23-20)24-12-6-8-16(2)14-24/h3-5,7,9-11,13,16H,6,8,12,14H2,1-2H3. The van der Waals surface area contributed by atoms with Crippen LogP contribution in [0.1, 0.15) is 25.3 Å². The van der Waals surface area contributed by atoms with Gasteiger partial charge >= 0.3 is 0 Å². The first kappa shape index (κ1) is 15.1. The van der Waals surface area contributed by atoms with Crippen LogP contribution in [0.15, 0.2) is 48.5 Å². The van der Waals surface area contributed by atoms with Crippen LogP contribution in [0.2, 0.25) is 0 Å². The molecule has 0 bridgehead atoms. The van der Waals surface area contributed by atoms with Crippen LogP contribution >= 0.6 is 0 Å². The summed E-state index contributed by atoms with van der Waals surface area (Å²) in [7, 11) is 0. The zero-order valence-electron chi connectivity index (χ0n) is 14.4. The Bertz CT molecular complexity index is 872. The summed E-state index contributed by atoms with van der Waals surface area (Å²) in [6.07, 6.45) is 2.55. The molecule has 122 valence electrons. The molecule has 0 saturated carbocycles. The second-order valence-electron chi connectivity index (χ2n) is 6.95. The molecule has 1 saturated heterocycles. The van der Waals surface area contributed by atoms with E-state index in [2.05, 4.69) is 67.3 Å². The number of nitrogens with zero attached hydrogens (tertiary/aromatic N) is 3. The van der Waals surface area contributed by atoms with Crippen LogP contribution in [0.25, 0.3) is 22.3 Å². The smallest absolute Gasteiger partial charge is 0.162 e. The lowest BCUT2D eigenvalue weighted by Crippen LogP contribution is -2.35. The minimum Gasteiger partial charge on any atom is -0.356 e. The molecule has 1 atom stereocenters. The number of rotatable bonds is 2. The molecule has 2 heterocycles. The summed E-state index contributed by atoms with van der Waals surface area (Å²) in [4.78, 5) is 12.3. The molecule has 1 unspecified atom stereocenters. The van der Waals surface area contributed by atoms with E-state index in [1.807, 2.05) is 0 Å². The Kier molecular flexibility index (Phi) is 3.93. The monoisotopic (exact) mass is 317 g/mol. The number of piperidine rings is 1. The van der Waals surface area contributed by atoms with Gasteiger partial charge in [-0.05, 0) is 43.9 Å². The van der Waals surface area contributed by atoms with E-state index >= 15 is 0 Å². The number of aromatic nitrogens is 2. The van der Waals surface area contributed by atoms with Crippen LogP contribution in [-0.4, -0.2) is 23.1 Å². The van der Waals surface area contributed by atoms with Gasteiger partial charge in [0.2, 0.25) is 0 Å². The summed E-state index contributed by atoms with van der Waals surface area (Å²) in [6, 6.07) is 16.8. The lowest BCUT2D eigenvalue weighted by atomic mass is 10.00. The maximum Gasteiger partial charge on any atom is 0.162 e. The highest BCUT2D eigenvalue weighted by Crippen LogP contribution is 2.30. The van der Waals surface area contributed by atoms with Gasteiger partial charge in [0, 0.05) is 24.0 Å². The Balaban J connectivity index is 1.88. The van der Waals surface area contributed by atoms with E-state index in [9.17, 15) is 0 Å². The van der Waals surface area contributed by atoms with E-state index in [-0.39, 0.29) is 0 Å². The van der Waals surface area contributed by atoms with Crippen molar-refractivity contribution in [1.29, 1.82) is 0 Å². The third-order valence-corrected chi connectivity index (χ3v) is 4.82. The normalized spacial score (nSPS) is 18.1. The first-order chi connectivity index (χ1) is 11.7. The first-order valence-electron chi connectivity index (χ1n) is 8.79. The quantitative estimate of drug-likeness (QED) is 0.677. The van der Waals surface area contributed by atoms with Crippen LogP contribution in [0.3, 0.4) is 0 Å². The Hall–Kier alpha value is -2.42. The summed E-state index contributed by atoms with van der Waals surface area (Å²) in [6.45, 7) is 6.60. The van der Waals surface area contributed by atoms with Gasteiger partial charge in [0.05, 0.1) is 5.52 Å². The Morgan fingerprint density at radius 3 is 2.75 bits per heavy atom. The number of anilines is 1. The molecular weight excluding hydrogens is 294 g/mol. The molecule has 1 fully saturated rings. The second-order valence-corrected chi connectivity index (χ2v) is 6.95. The van der Waals surface area contributed by atoms with E-state index in [0.29, 0.717) is 0 Å². The fraction of sp³-hybridized carbons (Fsp3) is 0.333. The number of benzene rings is 2. The maximum atomic E-state index is 4.99. The molecule has 24 heavy (non-hydrogen) atoms. The number of aryl methyl sites for hydroxylation is 1. The Morgan fingerprint density at radius 2 is 1.92 bits per heavy atom. The van der Waals surface area contributed by atoms with E-state index in [4.69, 9.17) is 9.97 Å². The zero-order chi connectivity index (χ0) is 16.5. The van der Waals surface area contributed by atoms with E-state index in [1.165, 1.54) is 18.4 Å². The van der Waals surface area contributed by atoms with Gasteiger partial charge in [0.15, 0.2) is 5.82 Å². The van der Waals surface area contributed by atoms with E-state index in [1.54, 1.807) is 0 Å². The minimum absolute atomic E-state index is 0.717. The molecule has 1 aliphatic rings. The van der Waals surface area contributed by atoms with E-state index in [0.717, 1.165) is 47.1 Å². The summed E-state index contributed by atoms with van der Waals surface area (Å²) < 4.78 is 0. The molecule has 0 aliphatic carbocycles. The molecule has 4 rings (SSSR count). The van der Waals surface area contributed by atoms with E-state index < -0.39 is 0 Å². The molecule has 3 aromatic rings. The van der Waals surface area contributed by atoms with Crippen molar-refractivity contribution in [2.75, 3.05) is 18.0 Å². The average molecular weight is 317 g/mol. The summed E-state index contributed by atoms with van der Waals surface area (Å²) in [5.41, 5.74) is 3.35. The van der Waals surface area contributed by atoms with Crippen molar-refractivity contribution in [2.24, 2.45) is 5.92 Å². The van der Waals surface area contributed by atoms with Gasteiger partial charge in [-0.1, -0.05) is 42.8 Å². The molecule has 1 aromatic heterocycles. The number of hydrogen-bond acceptors (Lipinski definition) is 3. The third kappa shape index (κ3) is 2.86. The zero-order valence-corrected chi connectivity index (χ0v) is 14.4. The highest BCUT2D eigenvalue weighted by Gasteiger charge is 2.20. The number of fused-ring (bicyclic) bond motifs is 1. The maximum absolute atomic E-state index is 4.99. The molecule has 0 amide bonds. The molecular formula is C21H23N3. The third-order valence-electron chi connectivity index (χ3n) is 4.82. The number of para-hydroxylation sites is 1. The van der Waals surface area contributed by atoms with Crippen molar-refractivity contribution >= 4 is 16.7 Å². The molecule has 1 aliphatic heterocycles. The van der Waals surface area contributed by atoms with Crippen molar-refractivity contribution in [2.45, 2.75) is 26.7 Å². The molecule has 3 nitrogen and oxygen atoms in total. The minimum atomic E-state index is 0.717. The van der Waals surface area contributed by atoms with Gasteiger partial charge in [-0.2, -0.15) is 0 Å².